The van der Waals surface area contributed by atoms with Crippen LogP contribution in [-0.2, 0) is 16.6 Å². The third-order valence-electron chi connectivity index (χ3n) is 3.70. The summed E-state index contributed by atoms with van der Waals surface area (Å²) < 4.78 is 29.2. The first-order valence-electron chi connectivity index (χ1n) is 7.40. The van der Waals surface area contributed by atoms with Gasteiger partial charge in [-0.3, -0.25) is 0 Å². The molecular weight excluding hydrogens is 286 g/mol. The van der Waals surface area contributed by atoms with Gasteiger partial charge in [0.2, 0.25) is 10.0 Å². The molecule has 1 heterocycles. The van der Waals surface area contributed by atoms with Crippen LogP contribution in [0.2, 0.25) is 0 Å². The number of sulfonamides is 1. The molecule has 0 amide bonds. The first-order chi connectivity index (χ1) is 9.91. The van der Waals surface area contributed by atoms with Crippen molar-refractivity contribution in [2.75, 3.05) is 13.6 Å². The minimum absolute atomic E-state index is 0.0926. The predicted octanol–water partition coefficient (Wildman–Crippen LogP) is 2.13. The van der Waals surface area contributed by atoms with E-state index in [0.29, 0.717) is 24.0 Å². The van der Waals surface area contributed by atoms with Gasteiger partial charge in [-0.15, -0.1) is 6.58 Å². The van der Waals surface area contributed by atoms with Crippen molar-refractivity contribution in [1.29, 1.82) is 0 Å². The first kappa shape index (κ1) is 16.3. The van der Waals surface area contributed by atoms with Crippen LogP contribution in [-0.4, -0.2) is 36.9 Å². The molecule has 0 saturated heterocycles. The van der Waals surface area contributed by atoms with E-state index in [9.17, 15) is 8.42 Å². The SMILES string of the molecule is C=CCN(C(C)C)S(=O)(=O)c1cc(CNC)n(C2CC2)c1. The van der Waals surface area contributed by atoms with Crippen molar-refractivity contribution in [1.82, 2.24) is 14.2 Å². The van der Waals surface area contributed by atoms with Crippen LogP contribution in [0.15, 0.2) is 29.8 Å². The van der Waals surface area contributed by atoms with Crippen molar-refractivity contribution in [2.45, 2.75) is 50.2 Å². The Morgan fingerprint density at radius 1 is 1.52 bits per heavy atom. The van der Waals surface area contributed by atoms with Crippen molar-refractivity contribution in [3.63, 3.8) is 0 Å². The van der Waals surface area contributed by atoms with Crippen LogP contribution < -0.4 is 5.32 Å². The van der Waals surface area contributed by atoms with Crippen molar-refractivity contribution in [3.05, 3.63) is 30.6 Å². The maximum atomic E-state index is 12.8. The van der Waals surface area contributed by atoms with Crippen LogP contribution in [0.4, 0.5) is 0 Å². The summed E-state index contributed by atoms with van der Waals surface area (Å²) >= 11 is 0. The largest absolute Gasteiger partial charge is 0.346 e. The number of hydrogen-bond acceptors (Lipinski definition) is 3. The molecule has 21 heavy (non-hydrogen) atoms. The topological polar surface area (TPSA) is 54.3 Å². The van der Waals surface area contributed by atoms with Gasteiger partial charge in [0.05, 0.1) is 0 Å². The van der Waals surface area contributed by atoms with Crippen molar-refractivity contribution < 1.29 is 8.42 Å². The lowest BCUT2D eigenvalue weighted by molar-refractivity contribution is 0.383. The molecule has 1 aromatic heterocycles. The zero-order valence-corrected chi connectivity index (χ0v) is 13.9. The summed E-state index contributed by atoms with van der Waals surface area (Å²) in [5.41, 5.74) is 1.03. The summed E-state index contributed by atoms with van der Waals surface area (Å²) in [4.78, 5) is 0.384. The van der Waals surface area contributed by atoms with E-state index in [4.69, 9.17) is 0 Å². The summed E-state index contributed by atoms with van der Waals surface area (Å²) in [7, 11) is -1.60. The third kappa shape index (κ3) is 3.39. The van der Waals surface area contributed by atoms with Gasteiger partial charge >= 0.3 is 0 Å². The zero-order chi connectivity index (χ0) is 15.6. The Hall–Kier alpha value is -1.11. The number of rotatable bonds is 8. The Balaban J connectivity index is 2.39. The van der Waals surface area contributed by atoms with E-state index in [1.54, 1.807) is 18.3 Å². The summed E-state index contributed by atoms with van der Waals surface area (Å²) in [6.45, 7) is 8.43. The smallest absolute Gasteiger partial charge is 0.245 e. The van der Waals surface area contributed by atoms with Gasteiger partial charge in [0, 0.05) is 37.1 Å². The Kier molecular flexibility index (Phi) is 4.91. The van der Waals surface area contributed by atoms with E-state index in [-0.39, 0.29) is 6.04 Å². The van der Waals surface area contributed by atoms with Gasteiger partial charge in [-0.2, -0.15) is 4.31 Å². The Morgan fingerprint density at radius 3 is 2.67 bits per heavy atom. The molecule has 0 atom stereocenters. The molecule has 2 rings (SSSR count). The molecular formula is C15H25N3O2S. The fourth-order valence-electron chi connectivity index (χ4n) is 2.50. The maximum Gasteiger partial charge on any atom is 0.245 e. The van der Waals surface area contributed by atoms with Crippen molar-refractivity contribution >= 4 is 10.0 Å². The highest BCUT2D eigenvalue weighted by Crippen LogP contribution is 2.37. The zero-order valence-electron chi connectivity index (χ0n) is 13.0. The Bertz CT molecular complexity index is 600. The molecule has 1 saturated carbocycles. The molecule has 1 aliphatic carbocycles. The van der Waals surface area contributed by atoms with Gasteiger partial charge in [0.25, 0.3) is 0 Å². The number of aromatic nitrogens is 1. The van der Waals surface area contributed by atoms with Gasteiger partial charge < -0.3 is 9.88 Å². The van der Waals surface area contributed by atoms with Crippen LogP contribution in [0, 0.1) is 0 Å². The van der Waals surface area contributed by atoms with Crippen molar-refractivity contribution in [3.8, 4) is 0 Å². The number of nitrogens with one attached hydrogen (secondary N) is 1. The number of nitrogens with zero attached hydrogens (tertiary/aromatic N) is 2. The van der Waals surface area contributed by atoms with Gasteiger partial charge in [-0.25, -0.2) is 8.42 Å². The normalized spacial score (nSPS) is 15.9. The van der Waals surface area contributed by atoms with Crippen LogP contribution in [0.3, 0.4) is 0 Å². The van der Waals surface area contributed by atoms with Gasteiger partial charge in [-0.05, 0) is 39.8 Å². The second-order valence-corrected chi connectivity index (χ2v) is 7.68. The quantitative estimate of drug-likeness (QED) is 0.748. The second-order valence-electron chi connectivity index (χ2n) is 5.79. The van der Waals surface area contributed by atoms with Crippen LogP contribution in [0.25, 0.3) is 0 Å². The van der Waals surface area contributed by atoms with Crippen molar-refractivity contribution in [2.24, 2.45) is 0 Å². The van der Waals surface area contributed by atoms with Gasteiger partial charge in [0.1, 0.15) is 4.90 Å². The molecule has 118 valence electrons. The average molecular weight is 311 g/mol. The lowest BCUT2D eigenvalue weighted by atomic mass is 10.4. The molecule has 5 nitrogen and oxygen atoms in total. The monoisotopic (exact) mass is 311 g/mol. The summed E-state index contributed by atoms with van der Waals surface area (Å²) in [5.74, 6) is 0. The fourth-order valence-corrected chi connectivity index (χ4v) is 4.16. The second kappa shape index (κ2) is 6.34. The fraction of sp³-hybridized carbons (Fsp3) is 0.600. The van der Waals surface area contributed by atoms with Gasteiger partial charge in [-0.1, -0.05) is 6.08 Å². The highest BCUT2D eigenvalue weighted by molar-refractivity contribution is 7.89. The van der Waals surface area contributed by atoms with Gasteiger partial charge in [0.15, 0.2) is 0 Å². The number of hydrogen-bond donors (Lipinski definition) is 1. The van der Waals surface area contributed by atoms with E-state index in [1.165, 1.54) is 4.31 Å². The van der Waals surface area contributed by atoms with E-state index < -0.39 is 10.0 Å². The Morgan fingerprint density at radius 2 is 2.19 bits per heavy atom. The van der Waals surface area contributed by atoms with E-state index in [2.05, 4.69) is 16.5 Å². The molecule has 1 fully saturated rings. The lowest BCUT2D eigenvalue weighted by Crippen LogP contribution is -2.36. The third-order valence-corrected chi connectivity index (χ3v) is 5.70. The molecule has 0 radical (unpaired) electrons. The van der Waals surface area contributed by atoms with E-state index in [0.717, 1.165) is 18.5 Å². The highest BCUT2D eigenvalue weighted by atomic mass is 32.2. The maximum absolute atomic E-state index is 12.8. The highest BCUT2D eigenvalue weighted by Gasteiger charge is 2.31. The average Bonchev–Trinajstić information content (AvgIpc) is 3.17. The molecule has 6 heteroatoms. The molecule has 0 aliphatic heterocycles. The van der Waals surface area contributed by atoms with Crippen LogP contribution >= 0.6 is 0 Å². The minimum Gasteiger partial charge on any atom is -0.346 e. The minimum atomic E-state index is -3.47. The van der Waals surface area contributed by atoms with E-state index in [1.807, 2.05) is 20.9 Å². The summed E-state index contributed by atoms with van der Waals surface area (Å²) in [6, 6.07) is 2.16. The van der Waals surface area contributed by atoms with Crippen LogP contribution in [0.5, 0.6) is 0 Å². The van der Waals surface area contributed by atoms with E-state index >= 15 is 0 Å². The Labute approximate surface area is 127 Å². The lowest BCUT2D eigenvalue weighted by Gasteiger charge is -2.23. The molecule has 0 spiro atoms. The molecule has 1 aliphatic rings. The standard InChI is InChI=1S/C15H25N3O2S/c1-5-8-18(12(2)3)21(19,20)15-9-14(10-16-4)17(11-15)13-6-7-13/h5,9,11-13,16H,1,6-8,10H2,2-4H3. The first-order valence-corrected chi connectivity index (χ1v) is 8.84. The molecule has 0 unspecified atom stereocenters. The summed E-state index contributed by atoms with van der Waals surface area (Å²) in [6.07, 6.45) is 5.68. The molecule has 1 aromatic rings. The molecule has 0 aromatic carbocycles. The predicted molar refractivity (Wildman–Crippen MR) is 84.7 cm³/mol. The molecule has 1 N–H and O–H groups in total. The molecule has 0 bridgehead atoms. The van der Waals surface area contributed by atoms with Crippen LogP contribution in [0.1, 0.15) is 38.4 Å². The summed E-state index contributed by atoms with van der Waals surface area (Å²) in [5, 5.41) is 3.10.